The van der Waals surface area contributed by atoms with E-state index in [1.54, 1.807) is 0 Å². The largest absolute Gasteiger partial charge is 2.00 e. The van der Waals surface area contributed by atoms with Crippen LogP contribution in [0.1, 0.15) is 85.5 Å². The normalized spacial score (nSPS) is 7.67. The first kappa shape index (κ1) is 31.7. The molecule has 0 aromatic heterocycles. The molecule has 0 nitrogen and oxygen atoms in total. The third-order valence-corrected chi connectivity index (χ3v) is 2.12. The molecule has 0 atom stereocenters. The number of hydrogen-bond acceptors (Lipinski definition) is 0. The molecule has 2 heteroatoms. The van der Waals surface area contributed by atoms with Gasteiger partial charge in [-0.3, -0.25) is 0 Å². The van der Waals surface area contributed by atoms with Crippen molar-refractivity contribution >= 4 is 23.1 Å². The molecule has 0 bridgehead atoms. The van der Waals surface area contributed by atoms with Crippen molar-refractivity contribution in [2.75, 3.05) is 0 Å². The molecule has 0 N–H and O–H groups in total. The quantitative estimate of drug-likeness (QED) is 0.374. The van der Waals surface area contributed by atoms with Crippen LogP contribution in [0.5, 0.6) is 0 Å². The third kappa shape index (κ3) is 66.5. The van der Waals surface area contributed by atoms with Crippen molar-refractivity contribution < 1.29 is 18.9 Å². The zero-order valence-corrected chi connectivity index (χ0v) is 15.5. The van der Waals surface area contributed by atoms with E-state index in [9.17, 15) is 0 Å². The van der Waals surface area contributed by atoms with Crippen LogP contribution >= 0.6 is 0 Å². The summed E-state index contributed by atoms with van der Waals surface area (Å²) in [4.78, 5) is 0. The molecule has 0 fully saturated rings. The standard InChI is InChI=1S/C8H17.2C4H9.Li.Mg/c1-3-5-7-8-6-4-2;2*1-3-4-2;;/h1,3-8H2,2H3;3H,4H2,1-2H3;1,3-4H2,2H3;;/q3*-1;+1;+2. The van der Waals surface area contributed by atoms with E-state index in [2.05, 4.69) is 48.0 Å². The molecule has 0 heterocycles. The Kier molecular flexibility index (Phi) is 75.4. The molecule has 0 spiro atoms. The second-order valence-corrected chi connectivity index (χ2v) is 3.94. The molecule has 0 aromatic rings. The Morgan fingerprint density at radius 2 is 1.17 bits per heavy atom. The van der Waals surface area contributed by atoms with Gasteiger partial charge in [0.2, 0.25) is 0 Å². The molecule has 0 aliphatic carbocycles. The van der Waals surface area contributed by atoms with Crippen LogP contribution in [0.4, 0.5) is 0 Å². The molecular weight excluding hydrogens is 223 g/mol. The SMILES string of the molecule is C[CH-]CC.[CH2-]CCC.[CH2-]CCCCCCC.[Li+].[Mg+2]. The van der Waals surface area contributed by atoms with Gasteiger partial charge in [0, 0.05) is 0 Å². The van der Waals surface area contributed by atoms with Gasteiger partial charge in [-0.15, -0.1) is 0 Å². The molecule has 102 valence electrons. The Labute approximate surface area is 147 Å². The fraction of sp³-hybridized carbons (Fsp3) is 0.812. The summed E-state index contributed by atoms with van der Waals surface area (Å²) in [5.41, 5.74) is 0. The Morgan fingerprint density at radius 3 is 1.39 bits per heavy atom. The van der Waals surface area contributed by atoms with Crippen LogP contribution in [-0.4, -0.2) is 23.1 Å². The summed E-state index contributed by atoms with van der Waals surface area (Å²) in [7, 11) is 0. The summed E-state index contributed by atoms with van der Waals surface area (Å²) in [6, 6.07) is 0. The number of rotatable bonds is 7. The fourth-order valence-corrected chi connectivity index (χ4v) is 0.780. The average molecular weight is 259 g/mol. The Balaban J connectivity index is -0.0000000489. The van der Waals surface area contributed by atoms with Gasteiger partial charge < -0.3 is 20.3 Å². The topological polar surface area (TPSA) is 0 Å². The number of unbranched alkanes of at least 4 members (excludes halogenated alkanes) is 7. The van der Waals surface area contributed by atoms with E-state index in [4.69, 9.17) is 0 Å². The molecule has 0 aliphatic rings. The van der Waals surface area contributed by atoms with Crippen molar-refractivity contribution in [2.45, 2.75) is 85.5 Å². The first-order valence-electron chi connectivity index (χ1n) is 7.11. The van der Waals surface area contributed by atoms with E-state index < -0.39 is 0 Å². The minimum Gasteiger partial charge on any atom is -0.343 e. The van der Waals surface area contributed by atoms with Crippen LogP contribution in [0.25, 0.3) is 0 Å². The maximum atomic E-state index is 3.78. The van der Waals surface area contributed by atoms with E-state index in [0.717, 1.165) is 12.8 Å². The van der Waals surface area contributed by atoms with Crippen LogP contribution in [0.2, 0.25) is 0 Å². The first-order chi connectivity index (χ1) is 7.74. The summed E-state index contributed by atoms with van der Waals surface area (Å²) in [6.45, 7) is 15.9. The second-order valence-electron chi connectivity index (χ2n) is 3.94. The van der Waals surface area contributed by atoms with E-state index in [-0.39, 0.29) is 41.9 Å². The summed E-state index contributed by atoms with van der Waals surface area (Å²) in [5.74, 6) is 0. The van der Waals surface area contributed by atoms with Gasteiger partial charge in [0.25, 0.3) is 0 Å². The van der Waals surface area contributed by atoms with Crippen molar-refractivity contribution in [3.8, 4) is 0 Å². The minimum absolute atomic E-state index is 0. The zero-order chi connectivity index (χ0) is 13.1. The smallest absolute Gasteiger partial charge is 0.343 e. The van der Waals surface area contributed by atoms with Gasteiger partial charge in [-0.05, 0) is 0 Å². The second kappa shape index (κ2) is 42.9. The van der Waals surface area contributed by atoms with Crippen LogP contribution < -0.4 is 18.9 Å². The molecule has 0 aromatic carbocycles. The third-order valence-electron chi connectivity index (χ3n) is 2.12. The first-order valence-corrected chi connectivity index (χ1v) is 7.11. The predicted molar refractivity (Wildman–Crippen MR) is 85.0 cm³/mol. The van der Waals surface area contributed by atoms with E-state index in [0.29, 0.717) is 0 Å². The molecule has 0 radical (unpaired) electrons. The maximum absolute atomic E-state index is 3.78. The van der Waals surface area contributed by atoms with Crippen LogP contribution in [-0.2, 0) is 0 Å². The monoisotopic (exact) mass is 258 g/mol. The summed E-state index contributed by atoms with van der Waals surface area (Å²) < 4.78 is 0. The Morgan fingerprint density at radius 1 is 0.778 bits per heavy atom. The zero-order valence-electron chi connectivity index (χ0n) is 14.1. The van der Waals surface area contributed by atoms with Crippen molar-refractivity contribution in [2.24, 2.45) is 0 Å². The van der Waals surface area contributed by atoms with Gasteiger partial charge in [-0.2, -0.15) is 26.2 Å². The van der Waals surface area contributed by atoms with E-state index in [1.165, 1.54) is 44.9 Å². The van der Waals surface area contributed by atoms with Crippen LogP contribution in [0, 0.1) is 20.3 Å². The number of hydrogen-bond donors (Lipinski definition) is 0. The summed E-state index contributed by atoms with van der Waals surface area (Å²) >= 11 is 0. The summed E-state index contributed by atoms with van der Waals surface area (Å²) in [5, 5.41) is 0. The van der Waals surface area contributed by atoms with Gasteiger partial charge in [-0.1, -0.05) is 59.3 Å². The van der Waals surface area contributed by atoms with Crippen molar-refractivity contribution in [1.82, 2.24) is 0 Å². The molecule has 0 saturated heterocycles. The Hall–Kier alpha value is 1.36. The van der Waals surface area contributed by atoms with Crippen molar-refractivity contribution in [3.05, 3.63) is 20.3 Å². The van der Waals surface area contributed by atoms with Crippen molar-refractivity contribution in [1.29, 1.82) is 0 Å². The molecule has 0 saturated carbocycles. The minimum atomic E-state index is 0. The molecule has 0 aliphatic heterocycles. The van der Waals surface area contributed by atoms with Gasteiger partial charge in [0.1, 0.15) is 0 Å². The average Bonchev–Trinajstić information content (AvgIpc) is 2.35. The van der Waals surface area contributed by atoms with E-state index >= 15 is 0 Å². The predicted octanol–water partition coefficient (Wildman–Crippen LogP) is 3.05. The van der Waals surface area contributed by atoms with Gasteiger partial charge in [0.15, 0.2) is 0 Å². The summed E-state index contributed by atoms with van der Waals surface area (Å²) in [6.07, 6.45) is 13.6. The van der Waals surface area contributed by atoms with Crippen LogP contribution in [0.15, 0.2) is 0 Å². The maximum Gasteiger partial charge on any atom is 2.00 e. The van der Waals surface area contributed by atoms with E-state index in [1.807, 2.05) is 0 Å². The van der Waals surface area contributed by atoms with Gasteiger partial charge in [0.05, 0.1) is 0 Å². The molecule has 0 amide bonds. The Bertz CT molecular complexity index is 63.5. The van der Waals surface area contributed by atoms with Gasteiger partial charge in [-0.25, -0.2) is 0 Å². The van der Waals surface area contributed by atoms with Crippen molar-refractivity contribution in [3.63, 3.8) is 0 Å². The molecular formula is C16H35LiMg. The van der Waals surface area contributed by atoms with Gasteiger partial charge >= 0.3 is 41.9 Å². The van der Waals surface area contributed by atoms with Crippen LogP contribution in [0.3, 0.4) is 0 Å². The fourth-order valence-electron chi connectivity index (χ4n) is 0.780. The molecule has 0 rings (SSSR count). The molecule has 0 unspecified atom stereocenters. The molecule has 18 heavy (non-hydrogen) atoms.